The van der Waals surface area contributed by atoms with Crippen LogP contribution < -0.4 is 10.1 Å². The van der Waals surface area contributed by atoms with Crippen molar-refractivity contribution < 1.29 is 19.1 Å². The molecule has 0 bridgehead atoms. The lowest BCUT2D eigenvalue weighted by atomic mass is 10.1. The first-order valence-corrected chi connectivity index (χ1v) is 9.63. The summed E-state index contributed by atoms with van der Waals surface area (Å²) in [6.45, 7) is 2.47. The second kappa shape index (κ2) is 9.89. The number of esters is 1. The number of amides is 1. The Hall–Kier alpha value is -3.38. The quantitative estimate of drug-likeness (QED) is 0.571. The van der Waals surface area contributed by atoms with Gasteiger partial charge in [0, 0.05) is 16.8 Å². The molecule has 1 amide bonds. The molecule has 7 heteroatoms. The third-order valence-corrected chi connectivity index (χ3v) is 4.70. The van der Waals surface area contributed by atoms with Crippen LogP contribution in [0, 0.1) is 6.92 Å². The molecule has 2 aromatic carbocycles. The van der Waals surface area contributed by atoms with Crippen LogP contribution in [0.15, 0.2) is 60.8 Å². The predicted octanol–water partition coefficient (Wildman–Crippen LogP) is 4.34. The molecule has 1 N–H and O–H groups in total. The van der Waals surface area contributed by atoms with E-state index in [1.54, 1.807) is 30.3 Å². The first-order valence-electron chi connectivity index (χ1n) is 9.25. The number of nitrogens with one attached hydrogen (secondary N) is 1. The minimum absolute atomic E-state index is 0.232. The zero-order chi connectivity index (χ0) is 21.5. The zero-order valence-electron chi connectivity index (χ0n) is 16.6. The van der Waals surface area contributed by atoms with Crippen LogP contribution in [0.5, 0.6) is 5.75 Å². The molecule has 0 unspecified atom stereocenters. The van der Waals surface area contributed by atoms with E-state index >= 15 is 0 Å². The average molecular weight is 425 g/mol. The molecule has 1 aromatic heterocycles. The Morgan fingerprint density at radius 3 is 2.50 bits per heavy atom. The lowest BCUT2D eigenvalue weighted by Crippen LogP contribution is -2.24. The molecule has 0 aliphatic rings. The van der Waals surface area contributed by atoms with Crippen LogP contribution in [0.4, 0.5) is 0 Å². The number of hydrogen-bond donors (Lipinski definition) is 1. The van der Waals surface area contributed by atoms with Crippen molar-refractivity contribution >= 4 is 23.5 Å². The molecular formula is C23H21ClN2O4. The first-order chi connectivity index (χ1) is 14.5. The van der Waals surface area contributed by atoms with E-state index in [1.807, 2.05) is 31.2 Å². The van der Waals surface area contributed by atoms with Gasteiger partial charge in [-0.2, -0.15) is 0 Å². The number of rotatable bonds is 7. The number of aryl methyl sites for hydroxylation is 1. The first kappa shape index (κ1) is 21.3. The third kappa shape index (κ3) is 5.58. The van der Waals surface area contributed by atoms with E-state index in [-0.39, 0.29) is 12.5 Å². The van der Waals surface area contributed by atoms with Crippen LogP contribution in [0.2, 0.25) is 5.02 Å². The van der Waals surface area contributed by atoms with Gasteiger partial charge in [0.15, 0.2) is 0 Å². The second-order valence-corrected chi connectivity index (χ2v) is 7.04. The van der Waals surface area contributed by atoms with Gasteiger partial charge in [0.1, 0.15) is 12.4 Å². The van der Waals surface area contributed by atoms with E-state index in [0.717, 1.165) is 11.1 Å². The Bertz CT molecular complexity index is 1030. The van der Waals surface area contributed by atoms with Gasteiger partial charge >= 0.3 is 5.97 Å². The largest absolute Gasteiger partial charge is 0.489 e. The van der Waals surface area contributed by atoms with Crippen molar-refractivity contribution in [3.8, 4) is 5.75 Å². The SMILES string of the molecule is COC(=O)c1ccc(CNC(=O)c2cc(OCc3ccc(Cl)cc3)ccc2C)nc1. The Morgan fingerprint density at radius 2 is 1.83 bits per heavy atom. The number of nitrogens with zero attached hydrogens (tertiary/aromatic N) is 1. The number of pyridine rings is 1. The topological polar surface area (TPSA) is 77.5 Å². The van der Waals surface area contributed by atoms with E-state index in [1.165, 1.54) is 13.3 Å². The summed E-state index contributed by atoms with van der Waals surface area (Å²) in [5.74, 6) is -0.0892. The maximum Gasteiger partial charge on any atom is 0.339 e. The third-order valence-electron chi connectivity index (χ3n) is 4.45. The fourth-order valence-electron chi connectivity index (χ4n) is 2.72. The van der Waals surface area contributed by atoms with Crippen LogP contribution in [-0.4, -0.2) is 24.0 Å². The molecule has 0 saturated carbocycles. The maximum absolute atomic E-state index is 12.6. The lowest BCUT2D eigenvalue weighted by molar-refractivity contribution is 0.0600. The van der Waals surface area contributed by atoms with Gasteiger partial charge in [0.05, 0.1) is 24.9 Å². The van der Waals surface area contributed by atoms with Crippen molar-refractivity contribution in [3.05, 3.63) is 93.8 Å². The van der Waals surface area contributed by atoms with E-state index in [2.05, 4.69) is 15.0 Å². The van der Waals surface area contributed by atoms with Gasteiger partial charge in [-0.1, -0.05) is 29.8 Å². The molecule has 3 rings (SSSR count). The molecule has 0 aliphatic heterocycles. The second-order valence-electron chi connectivity index (χ2n) is 6.60. The molecule has 3 aromatic rings. The highest BCUT2D eigenvalue weighted by Crippen LogP contribution is 2.19. The van der Waals surface area contributed by atoms with Crippen LogP contribution in [-0.2, 0) is 17.9 Å². The Kier molecular flexibility index (Phi) is 7.03. The minimum atomic E-state index is -0.455. The Labute approximate surface area is 179 Å². The van der Waals surface area contributed by atoms with Gasteiger partial charge in [0.2, 0.25) is 0 Å². The van der Waals surface area contributed by atoms with Gasteiger partial charge in [-0.15, -0.1) is 0 Å². The van der Waals surface area contributed by atoms with E-state index in [0.29, 0.717) is 34.2 Å². The van der Waals surface area contributed by atoms with Crippen molar-refractivity contribution in [3.63, 3.8) is 0 Å². The molecular weight excluding hydrogens is 404 g/mol. The molecule has 0 fully saturated rings. The molecule has 0 aliphatic carbocycles. The van der Waals surface area contributed by atoms with Crippen LogP contribution in [0.3, 0.4) is 0 Å². The number of methoxy groups -OCH3 is 1. The van der Waals surface area contributed by atoms with Gasteiger partial charge in [-0.25, -0.2) is 4.79 Å². The smallest absolute Gasteiger partial charge is 0.339 e. The van der Waals surface area contributed by atoms with Crippen LogP contribution >= 0.6 is 11.6 Å². The fourth-order valence-corrected chi connectivity index (χ4v) is 2.84. The lowest BCUT2D eigenvalue weighted by Gasteiger charge is -2.11. The van der Waals surface area contributed by atoms with Crippen molar-refractivity contribution in [1.82, 2.24) is 10.3 Å². The summed E-state index contributed by atoms with van der Waals surface area (Å²) in [5.41, 5.74) is 3.32. The number of aromatic nitrogens is 1. The summed E-state index contributed by atoms with van der Waals surface area (Å²) in [6, 6.07) is 16.1. The molecule has 0 saturated heterocycles. The van der Waals surface area contributed by atoms with Gasteiger partial charge in [-0.3, -0.25) is 9.78 Å². The number of benzene rings is 2. The number of hydrogen-bond acceptors (Lipinski definition) is 5. The number of ether oxygens (including phenoxy) is 2. The maximum atomic E-state index is 12.6. The Balaban J connectivity index is 1.61. The number of halogens is 1. The molecule has 30 heavy (non-hydrogen) atoms. The van der Waals surface area contributed by atoms with Crippen molar-refractivity contribution in [2.75, 3.05) is 7.11 Å². The van der Waals surface area contributed by atoms with Crippen molar-refractivity contribution in [2.45, 2.75) is 20.1 Å². The Morgan fingerprint density at radius 1 is 1.07 bits per heavy atom. The zero-order valence-corrected chi connectivity index (χ0v) is 17.4. The predicted molar refractivity (Wildman–Crippen MR) is 114 cm³/mol. The normalized spacial score (nSPS) is 10.4. The van der Waals surface area contributed by atoms with Gasteiger partial charge in [0.25, 0.3) is 5.91 Å². The van der Waals surface area contributed by atoms with E-state index in [9.17, 15) is 9.59 Å². The van der Waals surface area contributed by atoms with Crippen LogP contribution in [0.25, 0.3) is 0 Å². The molecule has 0 atom stereocenters. The van der Waals surface area contributed by atoms with Gasteiger partial charge in [-0.05, 0) is 54.4 Å². The minimum Gasteiger partial charge on any atom is -0.489 e. The van der Waals surface area contributed by atoms with E-state index < -0.39 is 5.97 Å². The highest BCUT2D eigenvalue weighted by Gasteiger charge is 2.12. The average Bonchev–Trinajstić information content (AvgIpc) is 2.77. The molecule has 6 nitrogen and oxygen atoms in total. The summed E-state index contributed by atoms with van der Waals surface area (Å²) in [4.78, 5) is 28.3. The highest BCUT2D eigenvalue weighted by molar-refractivity contribution is 6.30. The molecule has 0 spiro atoms. The fraction of sp³-hybridized carbons (Fsp3) is 0.174. The number of carbonyl (C=O) groups is 2. The molecule has 1 heterocycles. The molecule has 154 valence electrons. The van der Waals surface area contributed by atoms with Crippen LogP contribution in [0.1, 0.15) is 37.5 Å². The summed E-state index contributed by atoms with van der Waals surface area (Å²) in [7, 11) is 1.31. The standard InChI is InChI=1S/C23H21ClN2O4/c1-15-3-10-20(30-14-16-4-7-18(24)8-5-16)11-21(15)22(27)26-13-19-9-6-17(12-25-19)23(28)29-2/h3-12H,13-14H2,1-2H3,(H,26,27). The summed E-state index contributed by atoms with van der Waals surface area (Å²) in [6.07, 6.45) is 1.42. The monoisotopic (exact) mass is 424 g/mol. The van der Waals surface area contributed by atoms with Gasteiger partial charge < -0.3 is 14.8 Å². The summed E-state index contributed by atoms with van der Waals surface area (Å²) < 4.78 is 10.5. The van der Waals surface area contributed by atoms with Crippen molar-refractivity contribution in [2.24, 2.45) is 0 Å². The highest BCUT2D eigenvalue weighted by atomic mass is 35.5. The summed E-state index contributed by atoms with van der Waals surface area (Å²) >= 11 is 5.89. The molecule has 0 radical (unpaired) electrons. The van der Waals surface area contributed by atoms with E-state index in [4.69, 9.17) is 16.3 Å². The van der Waals surface area contributed by atoms with Crippen molar-refractivity contribution in [1.29, 1.82) is 0 Å². The summed E-state index contributed by atoms with van der Waals surface area (Å²) in [5, 5.41) is 3.51. The number of carbonyl (C=O) groups excluding carboxylic acids is 2.